The lowest BCUT2D eigenvalue weighted by Gasteiger charge is -2.22. The number of rotatable bonds is 3. The highest BCUT2D eigenvalue weighted by Crippen LogP contribution is 2.33. The predicted molar refractivity (Wildman–Crippen MR) is 96.4 cm³/mol. The lowest BCUT2D eigenvalue weighted by molar-refractivity contribution is 0.102. The fraction of sp³-hybridized carbons (Fsp3) is 0.350. The first kappa shape index (κ1) is 16.1. The van der Waals surface area contributed by atoms with E-state index in [9.17, 15) is 4.79 Å². The lowest BCUT2D eigenvalue weighted by atomic mass is 9.84. The highest BCUT2D eigenvalue weighted by molar-refractivity contribution is 6.31. The van der Waals surface area contributed by atoms with E-state index in [1.807, 2.05) is 25.1 Å². The monoisotopic (exact) mass is 327 g/mol. The van der Waals surface area contributed by atoms with Gasteiger partial charge in [-0.25, -0.2) is 0 Å². The Kier molecular flexibility index (Phi) is 5.02. The van der Waals surface area contributed by atoms with Gasteiger partial charge in [-0.05, 0) is 61.1 Å². The first-order valence-electron chi connectivity index (χ1n) is 8.31. The predicted octanol–water partition coefficient (Wildman–Crippen LogP) is 5.95. The SMILES string of the molecule is Cc1ccc(C(=O)Nc2ccc(C3CCCCC3)cc2)cc1Cl. The van der Waals surface area contributed by atoms with Gasteiger partial charge in [-0.15, -0.1) is 0 Å². The Hall–Kier alpha value is -1.80. The van der Waals surface area contributed by atoms with Gasteiger partial charge >= 0.3 is 0 Å². The largest absolute Gasteiger partial charge is 0.322 e. The Balaban J connectivity index is 1.67. The number of carbonyl (C=O) groups excluding carboxylic acids is 1. The van der Waals surface area contributed by atoms with Crippen molar-refractivity contribution < 1.29 is 4.79 Å². The van der Waals surface area contributed by atoms with Gasteiger partial charge in [0.05, 0.1) is 0 Å². The molecule has 1 fully saturated rings. The highest BCUT2D eigenvalue weighted by atomic mass is 35.5. The van der Waals surface area contributed by atoms with Crippen LogP contribution in [0.2, 0.25) is 5.02 Å². The van der Waals surface area contributed by atoms with Crippen molar-refractivity contribution in [3.8, 4) is 0 Å². The van der Waals surface area contributed by atoms with Gasteiger partial charge in [0.2, 0.25) is 0 Å². The van der Waals surface area contributed by atoms with Gasteiger partial charge in [-0.1, -0.05) is 49.1 Å². The van der Waals surface area contributed by atoms with Crippen LogP contribution in [-0.2, 0) is 0 Å². The summed E-state index contributed by atoms with van der Waals surface area (Å²) >= 11 is 6.09. The number of hydrogen-bond acceptors (Lipinski definition) is 1. The molecule has 1 aliphatic carbocycles. The first-order valence-corrected chi connectivity index (χ1v) is 8.69. The van der Waals surface area contributed by atoms with Crippen molar-refractivity contribution in [3.63, 3.8) is 0 Å². The zero-order valence-electron chi connectivity index (χ0n) is 13.4. The summed E-state index contributed by atoms with van der Waals surface area (Å²) in [4.78, 5) is 12.3. The molecule has 2 nitrogen and oxygen atoms in total. The Morgan fingerprint density at radius 3 is 2.39 bits per heavy atom. The van der Waals surface area contributed by atoms with Crippen LogP contribution in [0, 0.1) is 6.92 Å². The maximum absolute atomic E-state index is 12.3. The van der Waals surface area contributed by atoms with Crippen LogP contribution in [0.5, 0.6) is 0 Å². The molecule has 1 amide bonds. The Morgan fingerprint density at radius 2 is 1.74 bits per heavy atom. The molecule has 2 aromatic rings. The summed E-state index contributed by atoms with van der Waals surface area (Å²) in [6.45, 7) is 1.92. The van der Waals surface area contributed by atoms with Gasteiger partial charge in [-0.3, -0.25) is 4.79 Å². The molecule has 1 saturated carbocycles. The molecule has 0 aliphatic heterocycles. The van der Waals surface area contributed by atoms with E-state index in [2.05, 4.69) is 17.4 Å². The van der Waals surface area contributed by atoms with Crippen molar-refractivity contribution in [2.45, 2.75) is 44.9 Å². The van der Waals surface area contributed by atoms with Crippen molar-refractivity contribution in [3.05, 3.63) is 64.2 Å². The van der Waals surface area contributed by atoms with Crippen LogP contribution in [0.1, 0.15) is 59.5 Å². The van der Waals surface area contributed by atoms with E-state index in [1.54, 1.807) is 12.1 Å². The fourth-order valence-corrected chi connectivity index (χ4v) is 3.39. The molecule has 1 N–H and O–H groups in total. The van der Waals surface area contributed by atoms with Crippen LogP contribution in [0.25, 0.3) is 0 Å². The number of carbonyl (C=O) groups is 1. The van der Waals surface area contributed by atoms with E-state index in [4.69, 9.17) is 11.6 Å². The van der Waals surface area contributed by atoms with Crippen molar-refractivity contribution >= 4 is 23.2 Å². The second-order valence-corrected chi connectivity index (χ2v) is 6.78. The Morgan fingerprint density at radius 1 is 1.04 bits per heavy atom. The molecule has 23 heavy (non-hydrogen) atoms. The van der Waals surface area contributed by atoms with Crippen LogP contribution >= 0.6 is 11.6 Å². The molecular weight excluding hydrogens is 306 g/mol. The molecule has 3 heteroatoms. The van der Waals surface area contributed by atoms with Crippen molar-refractivity contribution in [1.82, 2.24) is 0 Å². The number of anilines is 1. The second kappa shape index (κ2) is 7.18. The number of benzene rings is 2. The maximum Gasteiger partial charge on any atom is 0.255 e. The summed E-state index contributed by atoms with van der Waals surface area (Å²) in [5.41, 5.74) is 3.77. The van der Waals surface area contributed by atoms with Crippen LogP contribution in [-0.4, -0.2) is 5.91 Å². The standard InChI is InChI=1S/C20H22ClNO/c1-14-7-8-17(13-19(14)21)20(23)22-18-11-9-16(10-12-18)15-5-3-2-4-6-15/h7-13,15H,2-6H2,1H3,(H,22,23). The van der Waals surface area contributed by atoms with Gasteiger partial charge < -0.3 is 5.32 Å². The molecule has 0 aromatic heterocycles. The molecule has 3 rings (SSSR count). The van der Waals surface area contributed by atoms with Crippen LogP contribution < -0.4 is 5.32 Å². The normalized spacial score (nSPS) is 15.4. The minimum Gasteiger partial charge on any atom is -0.322 e. The van der Waals surface area contributed by atoms with Crippen LogP contribution in [0.3, 0.4) is 0 Å². The minimum atomic E-state index is -0.127. The lowest BCUT2D eigenvalue weighted by Crippen LogP contribution is -2.12. The van der Waals surface area contributed by atoms with Gasteiger partial charge in [0.25, 0.3) is 5.91 Å². The number of amides is 1. The Bertz CT molecular complexity index is 687. The van der Waals surface area contributed by atoms with E-state index in [1.165, 1.54) is 37.7 Å². The van der Waals surface area contributed by atoms with Crippen molar-refractivity contribution in [2.75, 3.05) is 5.32 Å². The summed E-state index contributed by atoms with van der Waals surface area (Å²) in [7, 11) is 0. The van der Waals surface area contributed by atoms with Gasteiger partial charge in [0.1, 0.15) is 0 Å². The van der Waals surface area contributed by atoms with E-state index in [0.717, 1.165) is 11.3 Å². The van der Waals surface area contributed by atoms with E-state index in [0.29, 0.717) is 16.5 Å². The number of nitrogens with one attached hydrogen (secondary N) is 1. The highest BCUT2D eigenvalue weighted by Gasteiger charge is 2.15. The topological polar surface area (TPSA) is 29.1 Å². The third kappa shape index (κ3) is 3.94. The first-order chi connectivity index (χ1) is 11.1. The summed E-state index contributed by atoms with van der Waals surface area (Å²) in [5, 5.41) is 3.55. The van der Waals surface area contributed by atoms with Gasteiger partial charge in [0.15, 0.2) is 0 Å². The maximum atomic E-state index is 12.3. The molecule has 0 atom stereocenters. The Labute approximate surface area is 142 Å². The zero-order valence-corrected chi connectivity index (χ0v) is 14.2. The van der Waals surface area contributed by atoms with E-state index in [-0.39, 0.29) is 5.91 Å². The third-order valence-electron chi connectivity index (χ3n) is 4.68. The molecule has 2 aromatic carbocycles. The number of hydrogen-bond donors (Lipinski definition) is 1. The second-order valence-electron chi connectivity index (χ2n) is 6.38. The molecule has 0 bridgehead atoms. The van der Waals surface area contributed by atoms with Crippen LogP contribution in [0.15, 0.2) is 42.5 Å². The summed E-state index contributed by atoms with van der Waals surface area (Å²) in [6.07, 6.45) is 6.60. The van der Waals surface area contributed by atoms with Crippen molar-refractivity contribution in [1.29, 1.82) is 0 Å². The smallest absolute Gasteiger partial charge is 0.255 e. The summed E-state index contributed by atoms with van der Waals surface area (Å²) in [6, 6.07) is 13.7. The molecule has 0 saturated heterocycles. The molecule has 0 spiro atoms. The number of aryl methyl sites for hydroxylation is 1. The average Bonchev–Trinajstić information content (AvgIpc) is 2.59. The summed E-state index contributed by atoms with van der Waals surface area (Å²) < 4.78 is 0. The average molecular weight is 328 g/mol. The molecule has 0 radical (unpaired) electrons. The molecule has 120 valence electrons. The zero-order chi connectivity index (χ0) is 16.2. The quantitative estimate of drug-likeness (QED) is 0.741. The van der Waals surface area contributed by atoms with Gasteiger partial charge in [-0.2, -0.15) is 0 Å². The van der Waals surface area contributed by atoms with E-state index >= 15 is 0 Å². The number of halogens is 1. The molecule has 1 aliphatic rings. The molecular formula is C20H22ClNO. The molecule has 0 heterocycles. The van der Waals surface area contributed by atoms with Crippen LogP contribution in [0.4, 0.5) is 5.69 Å². The van der Waals surface area contributed by atoms with Crippen molar-refractivity contribution in [2.24, 2.45) is 0 Å². The third-order valence-corrected chi connectivity index (χ3v) is 5.09. The minimum absolute atomic E-state index is 0.127. The van der Waals surface area contributed by atoms with Gasteiger partial charge in [0, 0.05) is 16.3 Å². The summed E-state index contributed by atoms with van der Waals surface area (Å²) in [5.74, 6) is 0.557. The van der Waals surface area contributed by atoms with E-state index < -0.39 is 0 Å². The molecule has 0 unspecified atom stereocenters. The fourth-order valence-electron chi connectivity index (χ4n) is 3.21.